The van der Waals surface area contributed by atoms with Crippen LogP contribution in [0.5, 0.6) is 0 Å². The molecule has 1 aliphatic carbocycles. The van der Waals surface area contributed by atoms with Crippen LogP contribution in [0.2, 0.25) is 0 Å². The van der Waals surface area contributed by atoms with Crippen molar-refractivity contribution in [3.8, 4) is 0 Å². The number of rotatable bonds is 6. The van der Waals surface area contributed by atoms with Crippen LogP contribution in [0.3, 0.4) is 0 Å². The second kappa shape index (κ2) is 7.59. The van der Waals surface area contributed by atoms with Gasteiger partial charge in [0, 0.05) is 30.6 Å². The van der Waals surface area contributed by atoms with E-state index in [0.717, 1.165) is 6.54 Å². The highest BCUT2D eigenvalue weighted by Crippen LogP contribution is 2.33. The van der Waals surface area contributed by atoms with Crippen LogP contribution in [0, 0.1) is 0 Å². The van der Waals surface area contributed by atoms with Crippen molar-refractivity contribution in [3.63, 3.8) is 0 Å². The second-order valence-electron chi connectivity index (χ2n) is 6.90. The van der Waals surface area contributed by atoms with Crippen LogP contribution in [0.15, 0.2) is 0 Å². The molecule has 0 aromatic carbocycles. The molecule has 0 radical (unpaired) electrons. The number of hydrogen-bond acceptors (Lipinski definition) is 4. The maximum absolute atomic E-state index is 4.97. The summed E-state index contributed by atoms with van der Waals surface area (Å²) >= 11 is 1.88. The van der Waals surface area contributed by atoms with E-state index in [4.69, 9.17) is 4.98 Å². The Morgan fingerprint density at radius 1 is 1.19 bits per heavy atom. The lowest BCUT2D eigenvalue weighted by Gasteiger charge is -2.30. The average Bonchev–Trinajstić information content (AvgIpc) is 2.89. The molecule has 3 nitrogen and oxygen atoms in total. The van der Waals surface area contributed by atoms with Gasteiger partial charge >= 0.3 is 0 Å². The third-order valence-corrected chi connectivity index (χ3v) is 5.52. The first-order chi connectivity index (χ1) is 9.99. The summed E-state index contributed by atoms with van der Waals surface area (Å²) in [5, 5.41) is 4.75. The van der Waals surface area contributed by atoms with Gasteiger partial charge in [0.2, 0.25) is 0 Å². The molecular weight excluding hydrogens is 278 g/mol. The van der Waals surface area contributed by atoms with Gasteiger partial charge in [-0.25, -0.2) is 4.98 Å². The van der Waals surface area contributed by atoms with E-state index in [9.17, 15) is 0 Å². The maximum atomic E-state index is 4.97. The van der Waals surface area contributed by atoms with Gasteiger partial charge in [0.15, 0.2) is 5.13 Å². The fourth-order valence-electron chi connectivity index (χ4n) is 3.00. The zero-order chi connectivity index (χ0) is 15.4. The number of aromatic nitrogens is 1. The van der Waals surface area contributed by atoms with E-state index in [-0.39, 0.29) is 0 Å². The number of nitrogens with one attached hydrogen (secondary N) is 1. The lowest BCUT2D eigenvalue weighted by atomic mass is 9.95. The minimum Gasteiger partial charge on any atom is -0.348 e. The molecule has 0 spiro atoms. The largest absolute Gasteiger partial charge is 0.348 e. The normalized spacial score (nSPS) is 16.9. The minimum absolute atomic E-state index is 0.499. The van der Waals surface area contributed by atoms with Crippen LogP contribution in [0.25, 0.3) is 0 Å². The van der Waals surface area contributed by atoms with Crippen molar-refractivity contribution in [2.75, 3.05) is 11.9 Å². The monoisotopic (exact) mass is 309 g/mol. The Balaban J connectivity index is 2.13. The molecule has 0 atom stereocenters. The van der Waals surface area contributed by atoms with Gasteiger partial charge < -0.3 is 10.2 Å². The predicted molar refractivity (Wildman–Crippen MR) is 93.5 cm³/mol. The highest BCUT2D eigenvalue weighted by atomic mass is 32.1. The van der Waals surface area contributed by atoms with Gasteiger partial charge in [0.05, 0.1) is 5.69 Å². The zero-order valence-electron chi connectivity index (χ0n) is 14.3. The van der Waals surface area contributed by atoms with Gasteiger partial charge in [-0.15, -0.1) is 11.3 Å². The van der Waals surface area contributed by atoms with Gasteiger partial charge in [-0.1, -0.05) is 47.0 Å². The number of hydrogen-bond donors (Lipinski definition) is 1. The Labute approximate surface area is 134 Å². The summed E-state index contributed by atoms with van der Waals surface area (Å²) in [4.78, 5) is 8.82. The first-order valence-electron chi connectivity index (χ1n) is 8.44. The van der Waals surface area contributed by atoms with Crippen LogP contribution in [-0.2, 0) is 6.54 Å². The Bertz CT molecular complexity index is 433. The maximum Gasteiger partial charge on any atom is 0.185 e. The van der Waals surface area contributed by atoms with E-state index in [2.05, 4.69) is 45.0 Å². The fraction of sp³-hybridized carbons (Fsp3) is 0.824. The van der Waals surface area contributed by atoms with Crippen molar-refractivity contribution in [2.24, 2.45) is 0 Å². The van der Waals surface area contributed by atoms with E-state index in [1.54, 1.807) is 0 Å². The van der Waals surface area contributed by atoms with E-state index < -0.39 is 0 Å². The van der Waals surface area contributed by atoms with E-state index >= 15 is 0 Å². The number of thiazole rings is 1. The molecule has 0 saturated heterocycles. The van der Waals surface area contributed by atoms with Crippen LogP contribution < -0.4 is 10.2 Å². The first kappa shape index (κ1) is 16.8. The van der Waals surface area contributed by atoms with E-state index in [1.165, 1.54) is 47.8 Å². The smallest absolute Gasteiger partial charge is 0.185 e. The van der Waals surface area contributed by atoms with Crippen LogP contribution in [-0.4, -0.2) is 24.1 Å². The van der Waals surface area contributed by atoms with Crippen molar-refractivity contribution in [2.45, 2.75) is 84.3 Å². The van der Waals surface area contributed by atoms with E-state index in [1.807, 2.05) is 11.3 Å². The topological polar surface area (TPSA) is 28.2 Å². The summed E-state index contributed by atoms with van der Waals surface area (Å²) in [7, 11) is 2.23. The van der Waals surface area contributed by atoms with Crippen LogP contribution in [0.4, 0.5) is 5.13 Å². The summed E-state index contributed by atoms with van der Waals surface area (Å²) < 4.78 is 0. The molecule has 0 amide bonds. The van der Waals surface area contributed by atoms with Crippen molar-refractivity contribution in [1.29, 1.82) is 0 Å². The third-order valence-electron chi connectivity index (χ3n) is 4.36. The molecule has 1 heterocycles. The van der Waals surface area contributed by atoms with Crippen LogP contribution in [0.1, 0.15) is 76.3 Å². The fourth-order valence-corrected chi connectivity index (χ4v) is 4.20. The molecule has 4 heteroatoms. The minimum atomic E-state index is 0.499. The lowest BCUT2D eigenvalue weighted by molar-refractivity contribution is 0.427. The Kier molecular flexibility index (Phi) is 6.06. The second-order valence-corrected chi connectivity index (χ2v) is 7.96. The molecule has 120 valence electrons. The molecule has 21 heavy (non-hydrogen) atoms. The molecule has 1 aliphatic rings. The molecule has 0 unspecified atom stereocenters. The lowest BCUT2D eigenvalue weighted by Crippen LogP contribution is -2.33. The SMILES string of the molecule is CC(C)NCc1sc(N(C)C2CCCCC2)nc1C(C)C. The summed E-state index contributed by atoms with van der Waals surface area (Å²) in [5.41, 5.74) is 1.28. The van der Waals surface area contributed by atoms with Crippen molar-refractivity contribution < 1.29 is 0 Å². The zero-order valence-corrected chi connectivity index (χ0v) is 15.1. The summed E-state index contributed by atoms with van der Waals surface area (Å²) in [6.07, 6.45) is 6.81. The number of nitrogens with zero attached hydrogens (tertiary/aromatic N) is 2. The van der Waals surface area contributed by atoms with Crippen molar-refractivity contribution >= 4 is 16.5 Å². The standard InChI is InChI=1S/C17H31N3S/c1-12(2)16-15(11-18-13(3)4)21-17(19-16)20(5)14-9-7-6-8-10-14/h12-14,18H,6-11H2,1-5H3. The van der Waals surface area contributed by atoms with Gasteiger partial charge in [-0.2, -0.15) is 0 Å². The Hall–Kier alpha value is -0.610. The molecule has 0 bridgehead atoms. The molecule has 1 fully saturated rings. The average molecular weight is 310 g/mol. The summed E-state index contributed by atoms with van der Waals surface area (Å²) in [5.74, 6) is 0.499. The summed E-state index contributed by atoms with van der Waals surface area (Å²) in [6.45, 7) is 9.84. The molecule has 1 aromatic rings. The number of anilines is 1. The predicted octanol–water partition coefficient (Wildman–Crippen LogP) is 4.53. The quantitative estimate of drug-likeness (QED) is 0.836. The molecule has 1 aromatic heterocycles. The third kappa shape index (κ3) is 4.43. The van der Waals surface area contributed by atoms with E-state index in [0.29, 0.717) is 18.0 Å². The van der Waals surface area contributed by atoms with Gasteiger partial charge in [0.1, 0.15) is 0 Å². The van der Waals surface area contributed by atoms with Crippen molar-refractivity contribution in [3.05, 3.63) is 10.6 Å². The molecule has 2 rings (SSSR count). The summed E-state index contributed by atoms with van der Waals surface area (Å²) in [6, 6.07) is 1.21. The highest BCUT2D eigenvalue weighted by molar-refractivity contribution is 7.15. The van der Waals surface area contributed by atoms with Gasteiger partial charge in [-0.05, 0) is 18.8 Å². The van der Waals surface area contributed by atoms with Crippen molar-refractivity contribution in [1.82, 2.24) is 10.3 Å². The highest BCUT2D eigenvalue weighted by Gasteiger charge is 2.23. The molecule has 1 N–H and O–H groups in total. The molecule has 0 aliphatic heterocycles. The molecule has 1 saturated carbocycles. The first-order valence-corrected chi connectivity index (χ1v) is 9.26. The Morgan fingerprint density at radius 3 is 2.43 bits per heavy atom. The van der Waals surface area contributed by atoms with Crippen LogP contribution >= 0.6 is 11.3 Å². The molecular formula is C17H31N3S. The van der Waals surface area contributed by atoms with Gasteiger partial charge in [0.25, 0.3) is 0 Å². The Morgan fingerprint density at radius 2 is 1.86 bits per heavy atom. The van der Waals surface area contributed by atoms with Gasteiger partial charge in [-0.3, -0.25) is 0 Å².